The van der Waals surface area contributed by atoms with E-state index < -0.39 is 5.41 Å². The van der Waals surface area contributed by atoms with Crippen molar-refractivity contribution in [1.29, 1.82) is 0 Å². The lowest BCUT2D eigenvalue weighted by Gasteiger charge is -2.41. The minimum absolute atomic E-state index is 0.0228. The third kappa shape index (κ3) is 1.20. The minimum atomic E-state index is -0.486. The number of carbonyl (C=O) groups excluding carboxylic acids is 2. The first-order valence-corrected chi connectivity index (χ1v) is 4.51. The molecule has 3 rings (SSSR count). The standard InChI is InChI=1S/C9H13NO3/c1-13-8(12)9-2-6(3-9)5-10-7(11)4-9/h6H,2-5H2,1H3,(H,10,11). The van der Waals surface area contributed by atoms with Crippen LogP contribution in [0, 0.1) is 11.3 Å². The van der Waals surface area contributed by atoms with Crippen LogP contribution in [0.5, 0.6) is 0 Å². The largest absolute Gasteiger partial charge is 0.469 e. The Hall–Kier alpha value is -1.06. The molecule has 4 nitrogen and oxygen atoms in total. The van der Waals surface area contributed by atoms with Crippen LogP contribution in [0.4, 0.5) is 0 Å². The fourth-order valence-corrected chi connectivity index (χ4v) is 2.42. The van der Waals surface area contributed by atoms with E-state index in [2.05, 4.69) is 5.32 Å². The van der Waals surface area contributed by atoms with Crippen molar-refractivity contribution in [3.8, 4) is 0 Å². The van der Waals surface area contributed by atoms with E-state index >= 15 is 0 Å². The molecule has 0 atom stereocenters. The van der Waals surface area contributed by atoms with Crippen molar-refractivity contribution in [2.24, 2.45) is 11.3 Å². The average molecular weight is 183 g/mol. The van der Waals surface area contributed by atoms with E-state index in [9.17, 15) is 9.59 Å². The van der Waals surface area contributed by atoms with Gasteiger partial charge in [-0.25, -0.2) is 0 Å². The number of nitrogens with one attached hydrogen (secondary N) is 1. The van der Waals surface area contributed by atoms with Gasteiger partial charge in [0.2, 0.25) is 5.91 Å². The number of esters is 1. The molecule has 1 N–H and O–H groups in total. The SMILES string of the molecule is COC(=O)C12CC(=O)NCC(C1)C2. The molecule has 1 amide bonds. The average Bonchev–Trinajstić information content (AvgIpc) is 2.31. The summed E-state index contributed by atoms with van der Waals surface area (Å²) in [5.41, 5.74) is -0.486. The Morgan fingerprint density at radius 1 is 1.62 bits per heavy atom. The van der Waals surface area contributed by atoms with E-state index in [0.29, 0.717) is 12.3 Å². The Morgan fingerprint density at radius 2 is 2.31 bits per heavy atom. The number of hydrogen-bond acceptors (Lipinski definition) is 3. The summed E-state index contributed by atoms with van der Waals surface area (Å²) >= 11 is 0. The van der Waals surface area contributed by atoms with E-state index in [1.807, 2.05) is 0 Å². The highest BCUT2D eigenvalue weighted by atomic mass is 16.5. The van der Waals surface area contributed by atoms with Gasteiger partial charge in [0, 0.05) is 13.0 Å². The normalized spacial score (nSPS) is 37.0. The van der Waals surface area contributed by atoms with Crippen molar-refractivity contribution < 1.29 is 14.3 Å². The molecule has 13 heavy (non-hydrogen) atoms. The fraction of sp³-hybridized carbons (Fsp3) is 0.778. The van der Waals surface area contributed by atoms with Crippen LogP contribution in [-0.4, -0.2) is 25.5 Å². The molecule has 3 aliphatic rings. The van der Waals surface area contributed by atoms with Gasteiger partial charge in [-0.05, 0) is 18.8 Å². The molecule has 0 unspecified atom stereocenters. The van der Waals surface area contributed by atoms with Gasteiger partial charge in [0.25, 0.3) is 0 Å². The molecule has 0 aromatic heterocycles. The van der Waals surface area contributed by atoms with Crippen LogP contribution in [-0.2, 0) is 14.3 Å². The Labute approximate surface area is 76.6 Å². The molecule has 1 aliphatic carbocycles. The lowest BCUT2D eigenvalue weighted by atomic mass is 9.61. The number of ether oxygens (including phenoxy) is 1. The van der Waals surface area contributed by atoms with E-state index in [0.717, 1.165) is 19.4 Å². The maximum Gasteiger partial charge on any atom is 0.312 e. The molecule has 2 bridgehead atoms. The minimum Gasteiger partial charge on any atom is -0.469 e. The Morgan fingerprint density at radius 3 is 2.92 bits per heavy atom. The van der Waals surface area contributed by atoms with Crippen molar-refractivity contribution in [2.45, 2.75) is 19.3 Å². The summed E-state index contributed by atoms with van der Waals surface area (Å²) in [5.74, 6) is 0.233. The first kappa shape index (κ1) is 8.53. The van der Waals surface area contributed by atoms with Gasteiger partial charge in [0.05, 0.1) is 12.5 Å². The van der Waals surface area contributed by atoms with Crippen molar-refractivity contribution >= 4 is 11.9 Å². The third-order valence-electron chi connectivity index (χ3n) is 3.06. The predicted octanol–water partition coefficient (Wildman–Crippen LogP) is 0.0757. The van der Waals surface area contributed by atoms with Crippen LogP contribution < -0.4 is 5.32 Å². The molecule has 3 fully saturated rings. The monoisotopic (exact) mass is 183 g/mol. The van der Waals surface area contributed by atoms with E-state index in [-0.39, 0.29) is 11.9 Å². The number of amides is 1. The van der Waals surface area contributed by atoms with Gasteiger partial charge in [-0.15, -0.1) is 0 Å². The van der Waals surface area contributed by atoms with Gasteiger partial charge in [0.1, 0.15) is 0 Å². The first-order chi connectivity index (χ1) is 6.16. The predicted molar refractivity (Wildman–Crippen MR) is 44.8 cm³/mol. The van der Waals surface area contributed by atoms with Crippen LogP contribution >= 0.6 is 0 Å². The van der Waals surface area contributed by atoms with Gasteiger partial charge < -0.3 is 10.1 Å². The summed E-state index contributed by atoms with van der Waals surface area (Å²) < 4.78 is 4.72. The topological polar surface area (TPSA) is 55.4 Å². The quantitative estimate of drug-likeness (QED) is 0.585. The zero-order valence-corrected chi connectivity index (χ0v) is 7.63. The van der Waals surface area contributed by atoms with Gasteiger partial charge in [0.15, 0.2) is 0 Å². The smallest absolute Gasteiger partial charge is 0.312 e. The summed E-state index contributed by atoms with van der Waals surface area (Å²) in [6.45, 7) is 0.720. The lowest BCUT2D eigenvalue weighted by molar-refractivity contribution is -0.162. The van der Waals surface area contributed by atoms with Crippen LogP contribution in [0.25, 0.3) is 0 Å². The van der Waals surface area contributed by atoms with Crippen LogP contribution in [0.3, 0.4) is 0 Å². The van der Waals surface area contributed by atoms with Gasteiger partial charge in [-0.1, -0.05) is 0 Å². The Balaban J connectivity index is 2.15. The van der Waals surface area contributed by atoms with Gasteiger partial charge >= 0.3 is 5.97 Å². The lowest BCUT2D eigenvalue weighted by Crippen LogP contribution is -2.44. The summed E-state index contributed by atoms with van der Waals surface area (Å²) in [6.07, 6.45) is 1.91. The summed E-state index contributed by atoms with van der Waals surface area (Å²) in [7, 11) is 1.38. The molecule has 2 heterocycles. The second kappa shape index (κ2) is 2.72. The van der Waals surface area contributed by atoms with Crippen molar-refractivity contribution in [2.75, 3.05) is 13.7 Å². The maximum absolute atomic E-state index is 11.4. The Kier molecular flexibility index (Phi) is 1.78. The molecule has 1 saturated carbocycles. The molecule has 2 aliphatic heterocycles. The highest BCUT2D eigenvalue weighted by Crippen LogP contribution is 2.50. The molecule has 72 valence electrons. The Bertz CT molecular complexity index is 256. The van der Waals surface area contributed by atoms with Crippen molar-refractivity contribution in [3.05, 3.63) is 0 Å². The number of rotatable bonds is 1. The second-order valence-corrected chi connectivity index (χ2v) is 4.03. The molecule has 0 spiro atoms. The van der Waals surface area contributed by atoms with Gasteiger partial charge in [-0.3, -0.25) is 9.59 Å². The third-order valence-corrected chi connectivity index (χ3v) is 3.06. The first-order valence-electron chi connectivity index (χ1n) is 4.51. The highest BCUT2D eigenvalue weighted by Gasteiger charge is 2.53. The highest BCUT2D eigenvalue weighted by molar-refractivity contribution is 5.87. The molecule has 0 aromatic carbocycles. The maximum atomic E-state index is 11.4. The fourth-order valence-electron chi connectivity index (χ4n) is 2.42. The molecule has 0 radical (unpaired) electrons. The summed E-state index contributed by atoms with van der Waals surface area (Å²) in [6, 6.07) is 0. The van der Waals surface area contributed by atoms with E-state index in [4.69, 9.17) is 4.74 Å². The number of fused-ring (bicyclic) bond motifs is 3. The number of methoxy groups -OCH3 is 1. The molecule has 0 aromatic rings. The van der Waals surface area contributed by atoms with Crippen LogP contribution in [0.1, 0.15) is 19.3 Å². The second-order valence-electron chi connectivity index (χ2n) is 4.03. The zero-order valence-electron chi connectivity index (χ0n) is 7.63. The summed E-state index contributed by atoms with van der Waals surface area (Å²) in [4.78, 5) is 22.6. The zero-order chi connectivity index (χ0) is 9.47. The van der Waals surface area contributed by atoms with E-state index in [1.165, 1.54) is 7.11 Å². The molecular formula is C9H13NO3. The number of hydrogen-bond donors (Lipinski definition) is 1. The van der Waals surface area contributed by atoms with Crippen LogP contribution in [0.2, 0.25) is 0 Å². The molecular weight excluding hydrogens is 170 g/mol. The summed E-state index contributed by atoms with van der Waals surface area (Å²) in [5, 5.41) is 2.79. The van der Waals surface area contributed by atoms with Gasteiger partial charge in [-0.2, -0.15) is 0 Å². The van der Waals surface area contributed by atoms with Crippen molar-refractivity contribution in [1.82, 2.24) is 5.32 Å². The van der Waals surface area contributed by atoms with Crippen molar-refractivity contribution in [3.63, 3.8) is 0 Å². The van der Waals surface area contributed by atoms with E-state index in [1.54, 1.807) is 0 Å². The van der Waals surface area contributed by atoms with Crippen LogP contribution in [0.15, 0.2) is 0 Å². The molecule has 2 saturated heterocycles. The molecule has 4 heteroatoms. The number of carbonyl (C=O) groups is 2.